The fourth-order valence-electron chi connectivity index (χ4n) is 1.80. The number of esters is 1. The van der Waals surface area contributed by atoms with Crippen LogP contribution in [0.3, 0.4) is 0 Å². The van der Waals surface area contributed by atoms with Gasteiger partial charge in [0.1, 0.15) is 6.07 Å². The number of rotatable bonds is 5. The third-order valence-electron chi connectivity index (χ3n) is 2.80. The summed E-state index contributed by atoms with van der Waals surface area (Å²) in [7, 11) is 0. The fourth-order valence-corrected chi connectivity index (χ4v) is 2.61. The standard InChI is InChI=1S/C16H15N3O2S/c1-3-21-15(20)13(9-17)10-18-16-19-14(11(2)22-16)12-7-5-4-6-8-12/h4-8,10H,3H2,1-2H3,(H,18,19)/b13-10+. The van der Waals surface area contributed by atoms with Gasteiger partial charge in [0.2, 0.25) is 0 Å². The maximum absolute atomic E-state index is 11.5. The lowest BCUT2D eigenvalue weighted by Crippen LogP contribution is -2.07. The number of anilines is 1. The number of nitriles is 1. The van der Waals surface area contributed by atoms with Gasteiger partial charge in [-0.3, -0.25) is 0 Å². The highest BCUT2D eigenvalue weighted by Crippen LogP contribution is 2.30. The van der Waals surface area contributed by atoms with Crippen molar-refractivity contribution in [3.63, 3.8) is 0 Å². The van der Waals surface area contributed by atoms with Gasteiger partial charge in [0.15, 0.2) is 10.7 Å². The average Bonchev–Trinajstić information content (AvgIpc) is 2.90. The number of ether oxygens (including phenoxy) is 1. The summed E-state index contributed by atoms with van der Waals surface area (Å²) in [6.07, 6.45) is 1.32. The molecule has 6 heteroatoms. The second-order valence-electron chi connectivity index (χ2n) is 4.32. The van der Waals surface area contributed by atoms with Crippen molar-refractivity contribution in [1.82, 2.24) is 4.98 Å². The molecule has 1 aromatic carbocycles. The molecule has 0 aliphatic carbocycles. The number of hydrogen-bond donors (Lipinski definition) is 1. The lowest BCUT2D eigenvalue weighted by atomic mass is 10.1. The van der Waals surface area contributed by atoms with Gasteiger partial charge in [-0.25, -0.2) is 9.78 Å². The predicted octanol–water partition coefficient (Wildman–Crippen LogP) is 3.50. The lowest BCUT2D eigenvalue weighted by Gasteiger charge is -2.00. The van der Waals surface area contributed by atoms with Crippen molar-refractivity contribution < 1.29 is 9.53 Å². The van der Waals surface area contributed by atoms with Gasteiger partial charge in [-0.2, -0.15) is 5.26 Å². The molecule has 0 spiro atoms. The Morgan fingerprint density at radius 2 is 2.18 bits per heavy atom. The van der Waals surface area contributed by atoms with Gasteiger partial charge in [-0.05, 0) is 13.8 Å². The molecular weight excluding hydrogens is 298 g/mol. The minimum absolute atomic E-state index is 0.0871. The van der Waals surface area contributed by atoms with E-state index in [9.17, 15) is 4.79 Å². The van der Waals surface area contributed by atoms with Crippen molar-refractivity contribution in [2.45, 2.75) is 13.8 Å². The van der Waals surface area contributed by atoms with Gasteiger partial charge >= 0.3 is 5.97 Å². The second kappa shape index (κ2) is 7.38. The number of carbonyl (C=O) groups excluding carboxylic acids is 1. The van der Waals surface area contributed by atoms with E-state index in [2.05, 4.69) is 10.3 Å². The molecule has 0 unspecified atom stereocenters. The number of hydrogen-bond acceptors (Lipinski definition) is 6. The van der Waals surface area contributed by atoms with Crippen LogP contribution in [-0.4, -0.2) is 17.6 Å². The first-order valence-corrected chi connectivity index (χ1v) is 7.54. The van der Waals surface area contributed by atoms with Crippen LogP contribution in [0.2, 0.25) is 0 Å². The van der Waals surface area contributed by atoms with E-state index in [0.29, 0.717) is 5.13 Å². The Hall–Kier alpha value is -2.65. The van der Waals surface area contributed by atoms with Gasteiger partial charge in [0, 0.05) is 16.6 Å². The first-order chi connectivity index (χ1) is 10.7. The van der Waals surface area contributed by atoms with Crippen LogP contribution >= 0.6 is 11.3 Å². The monoisotopic (exact) mass is 313 g/mol. The molecule has 5 nitrogen and oxygen atoms in total. The number of aryl methyl sites for hydroxylation is 1. The van der Waals surface area contributed by atoms with E-state index < -0.39 is 5.97 Å². The van der Waals surface area contributed by atoms with Crippen molar-refractivity contribution >= 4 is 22.4 Å². The molecule has 2 rings (SSSR count). The topological polar surface area (TPSA) is 75.0 Å². The van der Waals surface area contributed by atoms with Crippen molar-refractivity contribution in [3.8, 4) is 17.3 Å². The van der Waals surface area contributed by atoms with Gasteiger partial charge in [0.25, 0.3) is 0 Å². The smallest absolute Gasteiger partial charge is 0.350 e. The average molecular weight is 313 g/mol. The minimum Gasteiger partial charge on any atom is -0.462 e. The summed E-state index contributed by atoms with van der Waals surface area (Å²) in [4.78, 5) is 17.1. The fraction of sp³-hybridized carbons (Fsp3) is 0.188. The minimum atomic E-state index is -0.644. The van der Waals surface area contributed by atoms with Crippen LogP contribution in [0, 0.1) is 18.3 Å². The van der Waals surface area contributed by atoms with Crippen LogP contribution < -0.4 is 5.32 Å². The van der Waals surface area contributed by atoms with E-state index in [1.807, 2.05) is 43.3 Å². The summed E-state index contributed by atoms with van der Waals surface area (Å²) < 4.78 is 4.79. The SMILES string of the molecule is CCOC(=O)/C(C#N)=C/Nc1nc(-c2ccccc2)c(C)s1. The molecule has 2 aromatic rings. The zero-order chi connectivity index (χ0) is 15.9. The molecule has 0 saturated carbocycles. The third kappa shape index (κ3) is 3.71. The maximum Gasteiger partial charge on any atom is 0.350 e. The van der Waals surface area contributed by atoms with Crippen molar-refractivity contribution in [3.05, 3.63) is 47.0 Å². The molecule has 22 heavy (non-hydrogen) atoms. The van der Waals surface area contributed by atoms with Gasteiger partial charge in [-0.15, -0.1) is 11.3 Å². The van der Waals surface area contributed by atoms with Crippen LogP contribution in [0.25, 0.3) is 11.3 Å². The molecule has 0 aliphatic rings. The van der Waals surface area contributed by atoms with E-state index in [1.54, 1.807) is 6.92 Å². The van der Waals surface area contributed by atoms with Gasteiger partial charge in [-0.1, -0.05) is 30.3 Å². The second-order valence-corrected chi connectivity index (χ2v) is 5.53. The molecule has 0 aliphatic heterocycles. The third-order valence-corrected chi connectivity index (χ3v) is 3.70. The van der Waals surface area contributed by atoms with Crippen molar-refractivity contribution in [2.75, 3.05) is 11.9 Å². The molecule has 112 valence electrons. The molecule has 1 heterocycles. The van der Waals surface area contributed by atoms with E-state index in [0.717, 1.165) is 16.1 Å². The number of thiazole rings is 1. The first kappa shape index (κ1) is 15.7. The van der Waals surface area contributed by atoms with Crippen LogP contribution in [0.15, 0.2) is 42.1 Å². The Balaban J connectivity index is 2.18. The van der Waals surface area contributed by atoms with E-state index in [-0.39, 0.29) is 12.2 Å². The normalized spacial score (nSPS) is 10.9. The predicted molar refractivity (Wildman–Crippen MR) is 86.2 cm³/mol. The summed E-state index contributed by atoms with van der Waals surface area (Å²) in [5.74, 6) is -0.644. The molecule has 0 radical (unpaired) electrons. The highest BCUT2D eigenvalue weighted by atomic mass is 32.1. The van der Waals surface area contributed by atoms with Crippen LogP contribution in [0.5, 0.6) is 0 Å². The zero-order valence-electron chi connectivity index (χ0n) is 12.3. The molecule has 0 fully saturated rings. The number of carbonyl (C=O) groups is 1. The summed E-state index contributed by atoms with van der Waals surface area (Å²) in [6, 6.07) is 11.6. The summed E-state index contributed by atoms with van der Waals surface area (Å²) in [5.41, 5.74) is 1.83. The highest BCUT2D eigenvalue weighted by molar-refractivity contribution is 7.16. The van der Waals surface area contributed by atoms with Gasteiger partial charge < -0.3 is 10.1 Å². The van der Waals surface area contributed by atoms with Crippen LogP contribution in [0.1, 0.15) is 11.8 Å². The molecule has 0 bridgehead atoms. The van der Waals surface area contributed by atoms with E-state index in [4.69, 9.17) is 10.00 Å². The highest BCUT2D eigenvalue weighted by Gasteiger charge is 2.11. The quantitative estimate of drug-likeness (QED) is 0.519. The number of aromatic nitrogens is 1. The Morgan fingerprint density at radius 1 is 1.45 bits per heavy atom. The number of nitrogens with zero attached hydrogens (tertiary/aromatic N) is 2. The molecule has 0 saturated heterocycles. The summed E-state index contributed by atoms with van der Waals surface area (Å²) in [5, 5.41) is 12.5. The Labute approximate surface area is 132 Å². The zero-order valence-corrected chi connectivity index (χ0v) is 13.1. The molecule has 0 atom stereocenters. The number of nitrogens with one attached hydrogen (secondary N) is 1. The van der Waals surface area contributed by atoms with E-state index in [1.165, 1.54) is 17.5 Å². The maximum atomic E-state index is 11.5. The molecule has 1 N–H and O–H groups in total. The summed E-state index contributed by atoms with van der Waals surface area (Å²) in [6.45, 7) is 3.90. The van der Waals surface area contributed by atoms with Crippen LogP contribution in [-0.2, 0) is 9.53 Å². The van der Waals surface area contributed by atoms with Crippen LogP contribution in [0.4, 0.5) is 5.13 Å². The largest absolute Gasteiger partial charge is 0.462 e. The number of benzene rings is 1. The van der Waals surface area contributed by atoms with E-state index >= 15 is 0 Å². The van der Waals surface area contributed by atoms with Gasteiger partial charge in [0.05, 0.1) is 12.3 Å². The Bertz CT molecular complexity index is 730. The lowest BCUT2D eigenvalue weighted by molar-refractivity contribution is -0.138. The first-order valence-electron chi connectivity index (χ1n) is 6.72. The molecular formula is C16H15N3O2S. The molecule has 1 aromatic heterocycles. The van der Waals surface area contributed by atoms with Crippen molar-refractivity contribution in [1.29, 1.82) is 5.26 Å². The summed E-state index contributed by atoms with van der Waals surface area (Å²) >= 11 is 1.46. The Morgan fingerprint density at radius 3 is 2.82 bits per heavy atom. The molecule has 0 amide bonds. The Kier molecular flexibility index (Phi) is 5.28. The van der Waals surface area contributed by atoms with Crippen molar-refractivity contribution in [2.24, 2.45) is 0 Å².